The molecule has 1 aromatic carbocycles. The number of ether oxygens (including phenoxy) is 2. The highest BCUT2D eigenvalue weighted by molar-refractivity contribution is 5.27. The molecule has 0 saturated carbocycles. The van der Waals surface area contributed by atoms with Crippen LogP contribution in [0.15, 0.2) is 24.3 Å². The van der Waals surface area contributed by atoms with Crippen LogP contribution in [0.1, 0.15) is 25.3 Å². The Morgan fingerprint density at radius 1 is 1.18 bits per heavy atom. The van der Waals surface area contributed by atoms with Gasteiger partial charge in [-0.05, 0) is 37.5 Å². The maximum Gasteiger partial charge on any atom is 0.119 e. The van der Waals surface area contributed by atoms with Crippen LogP contribution >= 0.6 is 0 Å². The van der Waals surface area contributed by atoms with E-state index in [0.29, 0.717) is 6.61 Å². The molecule has 96 valence electrons. The fourth-order valence-corrected chi connectivity index (χ4v) is 1.52. The van der Waals surface area contributed by atoms with Gasteiger partial charge in [0.05, 0.1) is 12.7 Å². The fourth-order valence-electron chi connectivity index (χ4n) is 1.52. The lowest BCUT2D eigenvalue weighted by Gasteiger charge is -2.07. The predicted molar refractivity (Wildman–Crippen MR) is 68.4 cm³/mol. The molecule has 0 spiro atoms. The summed E-state index contributed by atoms with van der Waals surface area (Å²) in [6, 6.07) is 8.05. The zero-order valence-electron chi connectivity index (χ0n) is 10.7. The zero-order valence-corrected chi connectivity index (χ0v) is 10.7. The number of methoxy groups -OCH3 is 1. The summed E-state index contributed by atoms with van der Waals surface area (Å²) in [7, 11) is 1.69. The Kier molecular flexibility index (Phi) is 6.67. The van der Waals surface area contributed by atoms with Crippen LogP contribution in [-0.2, 0) is 11.2 Å². The number of hydrogen-bond acceptors (Lipinski definition) is 3. The molecule has 0 heterocycles. The molecule has 1 N–H and O–H groups in total. The lowest BCUT2D eigenvalue weighted by atomic mass is 10.1. The summed E-state index contributed by atoms with van der Waals surface area (Å²) in [4.78, 5) is 0. The third-order valence-corrected chi connectivity index (χ3v) is 2.54. The molecular formula is C14H22O3. The van der Waals surface area contributed by atoms with E-state index in [4.69, 9.17) is 9.47 Å². The van der Waals surface area contributed by atoms with Gasteiger partial charge in [-0.3, -0.25) is 0 Å². The fraction of sp³-hybridized carbons (Fsp3) is 0.571. The van der Waals surface area contributed by atoms with Crippen LogP contribution in [0.2, 0.25) is 0 Å². The minimum Gasteiger partial charge on any atom is -0.494 e. The zero-order chi connectivity index (χ0) is 12.5. The monoisotopic (exact) mass is 238 g/mol. The quantitative estimate of drug-likeness (QED) is 0.707. The van der Waals surface area contributed by atoms with Crippen molar-refractivity contribution in [3.8, 4) is 5.75 Å². The molecular weight excluding hydrogens is 216 g/mol. The molecule has 0 saturated heterocycles. The molecule has 0 radical (unpaired) electrons. The molecule has 0 fully saturated rings. The second-order valence-corrected chi connectivity index (χ2v) is 4.23. The number of benzene rings is 1. The highest BCUT2D eigenvalue weighted by Crippen LogP contribution is 2.14. The summed E-state index contributed by atoms with van der Waals surface area (Å²) < 4.78 is 10.5. The van der Waals surface area contributed by atoms with Gasteiger partial charge in [-0.15, -0.1) is 0 Å². The Balaban J connectivity index is 2.29. The molecule has 0 aliphatic rings. The van der Waals surface area contributed by atoms with Crippen molar-refractivity contribution in [2.75, 3.05) is 20.3 Å². The normalized spacial score (nSPS) is 12.4. The lowest BCUT2D eigenvalue weighted by molar-refractivity contribution is 0.172. The van der Waals surface area contributed by atoms with Gasteiger partial charge >= 0.3 is 0 Å². The van der Waals surface area contributed by atoms with Gasteiger partial charge in [0.1, 0.15) is 5.75 Å². The van der Waals surface area contributed by atoms with E-state index in [-0.39, 0.29) is 6.10 Å². The number of aryl methyl sites for hydroxylation is 1. The molecule has 17 heavy (non-hydrogen) atoms. The van der Waals surface area contributed by atoms with Crippen LogP contribution < -0.4 is 4.74 Å². The molecule has 1 rings (SSSR count). The van der Waals surface area contributed by atoms with Crippen molar-refractivity contribution >= 4 is 0 Å². The first-order valence-electron chi connectivity index (χ1n) is 6.11. The molecule has 0 aliphatic heterocycles. The van der Waals surface area contributed by atoms with Crippen molar-refractivity contribution < 1.29 is 14.6 Å². The topological polar surface area (TPSA) is 38.7 Å². The Hall–Kier alpha value is -1.06. The Bertz CT molecular complexity index is 293. The smallest absolute Gasteiger partial charge is 0.119 e. The first kappa shape index (κ1) is 14.0. The standard InChI is InChI=1S/C14H22O3/c1-12(15)4-5-13-6-8-14(9-7-13)17-11-3-10-16-2/h6-9,12,15H,3-5,10-11H2,1-2H3. The second-order valence-electron chi connectivity index (χ2n) is 4.23. The van der Waals surface area contributed by atoms with Crippen molar-refractivity contribution in [1.82, 2.24) is 0 Å². The van der Waals surface area contributed by atoms with E-state index < -0.39 is 0 Å². The SMILES string of the molecule is COCCCOc1ccc(CCC(C)O)cc1. The number of rotatable bonds is 8. The van der Waals surface area contributed by atoms with Crippen LogP contribution in [0.5, 0.6) is 5.75 Å². The number of aliphatic hydroxyl groups excluding tert-OH is 1. The molecule has 1 atom stereocenters. The van der Waals surface area contributed by atoms with Crippen molar-refractivity contribution in [3.63, 3.8) is 0 Å². The minimum absolute atomic E-state index is 0.236. The van der Waals surface area contributed by atoms with Gasteiger partial charge in [0.25, 0.3) is 0 Å². The van der Waals surface area contributed by atoms with Crippen LogP contribution in [-0.4, -0.2) is 31.5 Å². The molecule has 1 aromatic rings. The van der Waals surface area contributed by atoms with E-state index in [1.165, 1.54) is 5.56 Å². The summed E-state index contributed by atoms with van der Waals surface area (Å²) in [5.41, 5.74) is 1.23. The summed E-state index contributed by atoms with van der Waals surface area (Å²) in [5, 5.41) is 9.20. The summed E-state index contributed by atoms with van der Waals surface area (Å²) in [5.74, 6) is 0.891. The van der Waals surface area contributed by atoms with Crippen LogP contribution in [0, 0.1) is 0 Å². The van der Waals surface area contributed by atoms with Crippen molar-refractivity contribution in [2.45, 2.75) is 32.3 Å². The summed E-state index contributed by atoms with van der Waals surface area (Å²) in [6.07, 6.45) is 2.37. The van der Waals surface area contributed by atoms with Gasteiger partial charge in [-0.2, -0.15) is 0 Å². The van der Waals surface area contributed by atoms with E-state index >= 15 is 0 Å². The summed E-state index contributed by atoms with van der Waals surface area (Å²) in [6.45, 7) is 3.22. The largest absolute Gasteiger partial charge is 0.494 e. The third kappa shape index (κ3) is 6.29. The van der Waals surface area contributed by atoms with Crippen molar-refractivity contribution in [2.24, 2.45) is 0 Å². The van der Waals surface area contributed by atoms with E-state index in [2.05, 4.69) is 0 Å². The number of hydrogen-bond donors (Lipinski definition) is 1. The Morgan fingerprint density at radius 3 is 2.47 bits per heavy atom. The highest BCUT2D eigenvalue weighted by atomic mass is 16.5. The average Bonchev–Trinajstić information content (AvgIpc) is 2.33. The van der Waals surface area contributed by atoms with Gasteiger partial charge in [0.15, 0.2) is 0 Å². The molecule has 0 amide bonds. The van der Waals surface area contributed by atoms with E-state index in [9.17, 15) is 5.11 Å². The number of aliphatic hydroxyl groups is 1. The molecule has 3 heteroatoms. The molecule has 0 bridgehead atoms. The Labute approximate surface area is 103 Å². The van der Waals surface area contributed by atoms with Crippen LogP contribution in [0.3, 0.4) is 0 Å². The second kappa shape index (κ2) is 8.09. The van der Waals surface area contributed by atoms with Crippen molar-refractivity contribution in [1.29, 1.82) is 0 Å². The third-order valence-electron chi connectivity index (χ3n) is 2.54. The molecule has 0 aromatic heterocycles. The van der Waals surface area contributed by atoms with E-state index in [0.717, 1.165) is 31.6 Å². The van der Waals surface area contributed by atoms with Gasteiger partial charge in [-0.1, -0.05) is 12.1 Å². The maximum absolute atomic E-state index is 9.20. The van der Waals surface area contributed by atoms with E-state index in [1.54, 1.807) is 7.11 Å². The average molecular weight is 238 g/mol. The van der Waals surface area contributed by atoms with Crippen molar-refractivity contribution in [3.05, 3.63) is 29.8 Å². The summed E-state index contributed by atoms with van der Waals surface area (Å²) >= 11 is 0. The van der Waals surface area contributed by atoms with E-state index in [1.807, 2.05) is 31.2 Å². The van der Waals surface area contributed by atoms with Crippen LogP contribution in [0.4, 0.5) is 0 Å². The first-order valence-corrected chi connectivity index (χ1v) is 6.11. The highest BCUT2D eigenvalue weighted by Gasteiger charge is 1.99. The minimum atomic E-state index is -0.236. The lowest BCUT2D eigenvalue weighted by Crippen LogP contribution is -2.02. The Morgan fingerprint density at radius 2 is 1.88 bits per heavy atom. The van der Waals surface area contributed by atoms with Gasteiger partial charge in [-0.25, -0.2) is 0 Å². The maximum atomic E-state index is 9.20. The predicted octanol–water partition coefficient (Wildman–Crippen LogP) is 2.42. The van der Waals surface area contributed by atoms with Crippen LogP contribution in [0.25, 0.3) is 0 Å². The van der Waals surface area contributed by atoms with Gasteiger partial charge in [0, 0.05) is 20.1 Å². The molecule has 1 unspecified atom stereocenters. The van der Waals surface area contributed by atoms with Gasteiger partial charge < -0.3 is 14.6 Å². The first-order chi connectivity index (χ1) is 8.22. The van der Waals surface area contributed by atoms with Gasteiger partial charge in [0.2, 0.25) is 0 Å². The molecule has 3 nitrogen and oxygen atoms in total. The molecule has 0 aliphatic carbocycles.